The number of amides is 1. The molecule has 0 atom stereocenters. The Hall–Kier alpha value is -1.42. The van der Waals surface area contributed by atoms with Crippen LogP contribution in [0.3, 0.4) is 0 Å². The molecule has 0 radical (unpaired) electrons. The largest absolute Gasteiger partial charge is 0.337 e. The fraction of sp³-hybridized carbons (Fsp3) is 0.562. The lowest BCUT2D eigenvalue weighted by atomic mass is 10.2. The summed E-state index contributed by atoms with van der Waals surface area (Å²) in [6.45, 7) is 9.02. The first-order valence-corrected chi connectivity index (χ1v) is 7.33. The van der Waals surface area contributed by atoms with E-state index in [4.69, 9.17) is 0 Å². The van der Waals surface area contributed by atoms with Gasteiger partial charge in [-0.2, -0.15) is 0 Å². The Bertz CT molecular complexity index is 444. The molecule has 110 valence electrons. The van der Waals surface area contributed by atoms with E-state index in [9.17, 15) is 9.18 Å². The van der Waals surface area contributed by atoms with E-state index in [1.165, 1.54) is 12.1 Å². The van der Waals surface area contributed by atoms with Gasteiger partial charge < -0.3 is 9.80 Å². The molecule has 1 heterocycles. The van der Waals surface area contributed by atoms with Crippen LogP contribution in [0, 0.1) is 11.7 Å². The molecule has 4 heteroatoms. The first kappa shape index (κ1) is 15.0. The second-order valence-electron chi connectivity index (χ2n) is 5.85. The lowest BCUT2D eigenvalue weighted by molar-refractivity contribution is 0.0761. The highest BCUT2D eigenvalue weighted by molar-refractivity contribution is 5.94. The van der Waals surface area contributed by atoms with Gasteiger partial charge in [-0.05, 0) is 43.1 Å². The van der Waals surface area contributed by atoms with Crippen molar-refractivity contribution in [3.8, 4) is 0 Å². The second-order valence-corrected chi connectivity index (χ2v) is 5.85. The normalized spacial score (nSPS) is 17.3. The summed E-state index contributed by atoms with van der Waals surface area (Å²) < 4.78 is 12.9. The standard InChI is InChI=1S/C16H23FN2O/c1-13(2)12-18-8-3-9-19(11-10-18)16(20)14-4-6-15(17)7-5-14/h4-7,13H,3,8-12H2,1-2H3. The van der Waals surface area contributed by atoms with Crippen molar-refractivity contribution in [3.63, 3.8) is 0 Å². The molecule has 1 fully saturated rings. The van der Waals surface area contributed by atoms with Gasteiger partial charge in [0.25, 0.3) is 5.91 Å². The van der Waals surface area contributed by atoms with E-state index in [0.29, 0.717) is 11.5 Å². The summed E-state index contributed by atoms with van der Waals surface area (Å²) >= 11 is 0. The molecule has 0 bridgehead atoms. The van der Waals surface area contributed by atoms with Crippen LogP contribution in [0.1, 0.15) is 30.6 Å². The predicted octanol–water partition coefficient (Wildman–Crippen LogP) is 2.63. The summed E-state index contributed by atoms with van der Waals surface area (Å²) in [5.74, 6) is 0.353. The molecule has 1 aromatic carbocycles. The quantitative estimate of drug-likeness (QED) is 0.848. The van der Waals surface area contributed by atoms with Crippen LogP contribution >= 0.6 is 0 Å². The van der Waals surface area contributed by atoms with Gasteiger partial charge in [0, 0.05) is 31.7 Å². The minimum atomic E-state index is -0.305. The van der Waals surface area contributed by atoms with E-state index in [-0.39, 0.29) is 11.7 Å². The number of rotatable bonds is 3. The van der Waals surface area contributed by atoms with Gasteiger partial charge in [-0.3, -0.25) is 4.79 Å². The molecule has 3 nitrogen and oxygen atoms in total. The number of nitrogens with zero attached hydrogens (tertiary/aromatic N) is 2. The van der Waals surface area contributed by atoms with Crippen LogP contribution in [0.2, 0.25) is 0 Å². The number of hydrogen-bond donors (Lipinski definition) is 0. The molecule has 1 aliphatic rings. The summed E-state index contributed by atoms with van der Waals surface area (Å²) in [7, 11) is 0. The van der Waals surface area contributed by atoms with Gasteiger partial charge in [-0.1, -0.05) is 13.8 Å². The van der Waals surface area contributed by atoms with Crippen molar-refractivity contribution in [3.05, 3.63) is 35.6 Å². The summed E-state index contributed by atoms with van der Waals surface area (Å²) in [5, 5.41) is 0. The minimum absolute atomic E-state index is 0.0106. The molecule has 1 saturated heterocycles. The lowest BCUT2D eigenvalue weighted by Crippen LogP contribution is -2.36. The van der Waals surface area contributed by atoms with Crippen molar-refractivity contribution in [2.24, 2.45) is 5.92 Å². The van der Waals surface area contributed by atoms with Crippen LogP contribution < -0.4 is 0 Å². The second kappa shape index (κ2) is 6.84. The number of hydrogen-bond acceptors (Lipinski definition) is 2. The van der Waals surface area contributed by atoms with Gasteiger partial charge in [0.15, 0.2) is 0 Å². The maximum Gasteiger partial charge on any atom is 0.253 e. The molecular formula is C16H23FN2O. The maximum absolute atomic E-state index is 12.9. The van der Waals surface area contributed by atoms with Crippen LogP contribution in [0.5, 0.6) is 0 Å². The Morgan fingerprint density at radius 3 is 2.50 bits per heavy atom. The fourth-order valence-corrected chi connectivity index (χ4v) is 2.65. The molecule has 1 aromatic rings. The summed E-state index contributed by atoms with van der Waals surface area (Å²) in [6, 6.07) is 5.81. The first-order chi connectivity index (χ1) is 9.56. The van der Waals surface area contributed by atoms with Crippen LogP contribution in [-0.2, 0) is 0 Å². The van der Waals surface area contributed by atoms with Crippen molar-refractivity contribution in [2.45, 2.75) is 20.3 Å². The first-order valence-electron chi connectivity index (χ1n) is 7.33. The van der Waals surface area contributed by atoms with E-state index in [1.54, 1.807) is 12.1 Å². The monoisotopic (exact) mass is 278 g/mol. The molecule has 1 aliphatic heterocycles. The van der Waals surface area contributed by atoms with Gasteiger partial charge in [0.2, 0.25) is 0 Å². The Morgan fingerprint density at radius 2 is 1.85 bits per heavy atom. The number of carbonyl (C=O) groups is 1. The maximum atomic E-state index is 12.9. The van der Waals surface area contributed by atoms with Crippen molar-refractivity contribution in [1.82, 2.24) is 9.80 Å². The molecule has 0 N–H and O–H groups in total. The Morgan fingerprint density at radius 1 is 1.15 bits per heavy atom. The third-order valence-corrected chi connectivity index (χ3v) is 3.59. The number of benzene rings is 1. The van der Waals surface area contributed by atoms with E-state index < -0.39 is 0 Å². The van der Waals surface area contributed by atoms with Crippen LogP contribution in [0.25, 0.3) is 0 Å². The highest BCUT2D eigenvalue weighted by Gasteiger charge is 2.20. The third-order valence-electron chi connectivity index (χ3n) is 3.59. The highest BCUT2D eigenvalue weighted by Crippen LogP contribution is 2.11. The van der Waals surface area contributed by atoms with Gasteiger partial charge in [-0.15, -0.1) is 0 Å². The molecular weight excluding hydrogens is 255 g/mol. The van der Waals surface area contributed by atoms with Crippen LogP contribution in [0.4, 0.5) is 4.39 Å². The van der Waals surface area contributed by atoms with Crippen molar-refractivity contribution < 1.29 is 9.18 Å². The molecule has 0 aromatic heterocycles. The number of carbonyl (C=O) groups excluding carboxylic acids is 1. The van der Waals surface area contributed by atoms with Gasteiger partial charge in [-0.25, -0.2) is 4.39 Å². The molecule has 0 aliphatic carbocycles. The van der Waals surface area contributed by atoms with Gasteiger partial charge in [0.1, 0.15) is 5.82 Å². The van der Waals surface area contributed by atoms with E-state index >= 15 is 0 Å². The van der Waals surface area contributed by atoms with E-state index in [0.717, 1.165) is 39.1 Å². The zero-order valence-corrected chi connectivity index (χ0v) is 12.3. The Balaban J connectivity index is 1.96. The SMILES string of the molecule is CC(C)CN1CCCN(C(=O)c2ccc(F)cc2)CC1. The molecule has 1 amide bonds. The van der Waals surface area contributed by atoms with E-state index in [2.05, 4.69) is 18.7 Å². The molecule has 0 saturated carbocycles. The average Bonchev–Trinajstić information content (AvgIpc) is 2.64. The predicted molar refractivity (Wildman–Crippen MR) is 78.2 cm³/mol. The fourth-order valence-electron chi connectivity index (χ4n) is 2.65. The highest BCUT2D eigenvalue weighted by atomic mass is 19.1. The smallest absolute Gasteiger partial charge is 0.253 e. The van der Waals surface area contributed by atoms with Crippen molar-refractivity contribution in [2.75, 3.05) is 32.7 Å². The molecule has 0 spiro atoms. The molecule has 0 unspecified atom stereocenters. The third kappa shape index (κ3) is 4.04. The van der Waals surface area contributed by atoms with Gasteiger partial charge >= 0.3 is 0 Å². The number of halogens is 1. The van der Waals surface area contributed by atoms with Crippen molar-refractivity contribution in [1.29, 1.82) is 0 Å². The zero-order chi connectivity index (χ0) is 14.5. The van der Waals surface area contributed by atoms with Crippen LogP contribution in [-0.4, -0.2) is 48.4 Å². The zero-order valence-electron chi connectivity index (χ0n) is 12.3. The summed E-state index contributed by atoms with van der Waals surface area (Å²) in [6.07, 6.45) is 1.000. The molecule has 20 heavy (non-hydrogen) atoms. The van der Waals surface area contributed by atoms with Crippen LogP contribution in [0.15, 0.2) is 24.3 Å². The van der Waals surface area contributed by atoms with Gasteiger partial charge in [0.05, 0.1) is 0 Å². The molecule has 2 rings (SSSR count). The van der Waals surface area contributed by atoms with E-state index in [1.807, 2.05) is 4.90 Å². The Labute approximate surface area is 120 Å². The Kier molecular flexibility index (Phi) is 5.12. The minimum Gasteiger partial charge on any atom is -0.337 e. The topological polar surface area (TPSA) is 23.6 Å². The average molecular weight is 278 g/mol. The lowest BCUT2D eigenvalue weighted by Gasteiger charge is -2.23. The summed E-state index contributed by atoms with van der Waals surface area (Å²) in [5.41, 5.74) is 0.573. The van der Waals surface area contributed by atoms with Crippen molar-refractivity contribution >= 4 is 5.91 Å². The summed E-state index contributed by atoms with van der Waals surface area (Å²) in [4.78, 5) is 16.7.